The lowest BCUT2D eigenvalue weighted by Crippen LogP contribution is -2.55. The summed E-state index contributed by atoms with van der Waals surface area (Å²) >= 11 is 2.22. The molecule has 0 radical (unpaired) electrons. The Morgan fingerprint density at radius 1 is 1.75 bits per heavy atom. The molecule has 0 bridgehead atoms. The van der Waals surface area contributed by atoms with Gasteiger partial charge < -0.3 is 5.73 Å². The Kier molecular flexibility index (Phi) is 3.41. The van der Waals surface area contributed by atoms with E-state index in [1.54, 1.807) is 9.12 Å². The average Bonchev–Trinajstić information content (AvgIpc) is 1.99. The van der Waals surface area contributed by atoms with Crippen molar-refractivity contribution in [1.82, 2.24) is 4.31 Å². The van der Waals surface area contributed by atoms with E-state index in [0.717, 1.165) is 6.54 Å². The Bertz CT molecular complexity index is 198. The summed E-state index contributed by atoms with van der Waals surface area (Å²) in [5.41, 5.74) is 5.43. The number of nitrogens with zero attached hydrogens (tertiary/aromatic N) is 1. The summed E-state index contributed by atoms with van der Waals surface area (Å²) in [7, 11) is 1.62. The zero-order valence-electron chi connectivity index (χ0n) is 7.21. The summed E-state index contributed by atoms with van der Waals surface area (Å²) in [6.07, 6.45) is 0. The quantitative estimate of drug-likeness (QED) is 0.584. The van der Waals surface area contributed by atoms with Crippen molar-refractivity contribution in [3.05, 3.63) is 0 Å². The highest BCUT2D eigenvalue weighted by molar-refractivity contribution is 14.2. The molecule has 1 aliphatic heterocycles. The van der Waals surface area contributed by atoms with Crippen LogP contribution in [-0.4, -0.2) is 29.2 Å². The van der Waals surface area contributed by atoms with Crippen molar-refractivity contribution in [1.29, 1.82) is 0 Å². The van der Waals surface area contributed by atoms with Gasteiger partial charge in [-0.2, -0.15) is 0 Å². The predicted octanol–water partition coefficient (Wildman–Crippen LogP) is 1.22. The smallest absolute Gasteiger partial charge is 0.157 e. The lowest BCUT2D eigenvalue weighted by Gasteiger charge is -2.37. The van der Waals surface area contributed by atoms with E-state index >= 15 is 0 Å². The summed E-state index contributed by atoms with van der Waals surface area (Å²) in [5.74, 6) is 0.184. The van der Waals surface area contributed by atoms with Crippen LogP contribution in [0.5, 0.6) is 0 Å². The highest BCUT2D eigenvalue weighted by atomic mass is 127. The van der Waals surface area contributed by atoms with Crippen molar-refractivity contribution in [2.24, 2.45) is 11.1 Å². The Labute approximate surface area is 89.2 Å². The molecule has 5 heteroatoms. The molecule has 0 saturated carbocycles. The molecular weight excluding hydrogens is 287 g/mol. The van der Waals surface area contributed by atoms with E-state index in [0.29, 0.717) is 6.54 Å². The lowest BCUT2D eigenvalue weighted by atomic mass is 9.81. The van der Waals surface area contributed by atoms with Crippen molar-refractivity contribution < 1.29 is 4.79 Å². The van der Waals surface area contributed by atoms with Crippen LogP contribution in [0.3, 0.4) is 0 Å². The van der Waals surface area contributed by atoms with Crippen LogP contribution in [0.2, 0.25) is 0 Å². The number of carbonyl (C=O) groups is 1. The van der Waals surface area contributed by atoms with E-state index in [1.807, 2.05) is 13.8 Å². The molecule has 1 rings (SSSR count). The second-order valence-corrected chi connectivity index (χ2v) is 5.58. The fourth-order valence-electron chi connectivity index (χ4n) is 1.44. The molecule has 0 aromatic heterocycles. The number of halogens is 1. The van der Waals surface area contributed by atoms with Gasteiger partial charge in [-0.05, 0) is 9.12 Å². The van der Waals surface area contributed by atoms with Crippen LogP contribution in [0.25, 0.3) is 0 Å². The minimum absolute atomic E-state index is 0.184. The number of ketones is 1. The third-order valence-electron chi connectivity index (χ3n) is 2.07. The summed E-state index contributed by atoms with van der Waals surface area (Å²) in [4.78, 5) is 11.5. The first-order chi connectivity index (χ1) is 5.47. The molecule has 0 aliphatic carbocycles. The third-order valence-corrected chi connectivity index (χ3v) is 4.22. The maximum Gasteiger partial charge on any atom is 0.157 e. The van der Waals surface area contributed by atoms with E-state index in [1.165, 1.54) is 0 Å². The Morgan fingerprint density at radius 3 is 2.75 bits per heavy atom. The van der Waals surface area contributed by atoms with Crippen LogP contribution in [0.15, 0.2) is 0 Å². The van der Waals surface area contributed by atoms with E-state index in [4.69, 9.17) is 5.73 Å². The molecule has 0 aromatic carbocycles. The number of rotatable bonds is 1. The number of nitrogens with two attached hydrogens (primary N) is 1. The molecule has 70 valence electrons. The Morgan fingerprint density at radius 2 is 2.33 bits per heavy atom. The molecule has 2 N–H and O–H groups in total. The fraction of sp³-hybridized carbons (Fsp3) is 0.857. The van der Waals surface area contributed by atoms with E-state index in [-0.39, 0.29) is 17.2 Å². The predicted molar refractivity (Wildman–Crippen MR) is 59.9 cm³/mol. The van der Waals surface area contributed by atoms with Crippen molar-refractivity contribution in [3.63, 3.8) is 0 Å². The highest BCUT2D eigenvalue weighted by Gasteiger charge is 2.39. The molecule has 1 heterocycles. The summed E-state index contributed by atoms with van der Waals surface area (Å²) in [5, 5.41) is 0. The molecule has 1 aliphatic rings. The second-order valence-electron chi connectivity index (χ2n) is 3.75. The van der Waals surface area contributed by atoms with Gasteiger partial charge in [-0.15, -0.1) is 0 Å². The number of Topliss-reactive ketones (excluding diaryl/α,β-unsaturated/α-hetero) is 1. The minimum Gasteiger partial charge on any atom is -0.320 e. The van der Waals surface area contributed by atoms with E-state index in [9.17, 15) is 4.79 Å². The number of piperidine rings is 1. The summed E-state index contributed by atoms with van der Waals surface area (Å²) in [6, 6.07) is -0.309. The van der Waals surface area contributed by atoms with Gasteiger partial charge in [0.05, 0.1) is 6.04 Å². The average molecular weight is 300 g/mol. The Hall–Kier alpha value is 0.670. The Balaban J connectivity index is 2.72. The van der Waals surface area contributed by atoms with Crippen molar-refractivity contribution >= 4 is 36.1 Å². The van der Waals surface area contributed by atoms with Crippen LogP contribution in [-0.2, 0) is 4.79 Å². The van der Waals surface area contributed by atoms with E-state index in [2.05, 4.69) is 25.5 Å². The van der Waals surface area contributed by atoms with Crippen LogP contribution in [0.1, 0.15) is 13.8 Å². The largest absolute Gasteiger partial charge is 0.320 e. The zero-order valence-corrected chi connectivity index (χ0v) is 10.2. The van der Waals surface area contributed by atoms with Gasteiger partial charge in [-0.3, -0.25) is 4.79 Å². The van der Waals surface area contributed by atoms with Gasteiger partial charge in [-0.1, -0.05) is 13.8 Å². The maximum absolute atomic E-state index is 11.5. The van der Waals surface area contributed by atoms with Crippen molar-refractivity contribution in [3.8, 4) is 0 Å². The summed E-state index contributed by atoms with van der Waals surface area (Å²) < 4.78 is 2.13. The maximum atomic E-state index is 11.5. The van der Waals surface area contributed by atoms with Gasteiger partial charge in [0, 0.05) is 39.7 Å². The number of hydrogen-bond acceptors (Lipinski definition) is 4. The van der Waals surface area contributed by atoms with Crippen LogP contribution >= 0.6 is 30.3 Å². The zero-order chi connectivity index (χ0) is 9.35. The van der Waals surface area contributed by atoms with Crippen LogP contribution < -0.4 is 5.73 Å². The minimum atomic E-state index is -0.309. The van der Waals surface area contributed by atoms with Crippen LogP contribution in [0.4, 0.5) is 0 Å². The topological polar surface area (TPSA) is 46.3 Å². The van der Waals surface area contributed by atoms with Crippen molar-refractivity contribution in [2.75, 3.05) is 13.1 Å². The van der Waals surface area contributed by atoms with Gasteiger partial charge in [0.1, 0.15) is 0 Å². The van der Waals surface area contributed by atoms with Gasteiger partial charge >= 0.3 is 0 Å². The highest BCUT2D eigenvalue weighted by Crippen LogP contribution is 2.31. The third kappa shape index (κ3) is 2.12. The normalized spacial score (nSPS) is 30.7. The molecule has 3 nitrogen and oxygen atoms in total. The first-order valence-electron chi connectivity index (χ1n) is 3.81. The molecule has 0 amide bonds. The monoisotopic (exact) mass is 300 g/mol. The molecule has 1 atom stereocenters. The van der Waals surface area contributed by atoms with Crippen LogP contribution in [0, 0.1) is 5.41 Å². The SMILES string of the molecule is CC1(C)CN(SI)CC(N)C1=O. The van der Waals surface area contributed by atoms with E-state index < -0.39 is 0 Å². The standard InChI is InChI=1S/C7H13IN2OS/c1-7(2)4-10(12-8)3-5(9)6(7)11/h5H,3-4,9H2,1-2H3. The second kappa shape index (κ2) is 3.81. The van der Waals surface area contributed by atoms with Gasteiger partial charge in [0.15, 0.2) is 5.78 Å². The molecular formula is C7H13IN2OS. The van der Waals surface area contributed by atoms with Gasteiger partial charge in [-0.25, -0.2) is 4.31 Å². The fourth-order valence-corrected chi connectivity index (χ4v) is 2.93. The summed E-state index contributed by atoms with van der Waals surface area (Å²) in [6.45, 7) is 5.38. The molecule has 0 aromatic rings. The molecule has 1 unspecified atom stereocenters. The van der Waals surface area contributed by atoms with Crippen molar-refractivity contribution in [2.45, 2.75) is 19.9 Å². The van der Waals surface area contributed by atoms with Gasteiger partial charge in [0.25, 0.3) is 0 Å². The number of carbonyl (C=O) groups excluding carboxylic acids is 1. The van der Waals surface area contributed by atoms with Gasteiger partial charge in [0.2, 0.25) is 0 Å². The molecule has 12 heavy (non-hydrogen) atoms. The molecule has 1 fully saturated rings. The lowest BCUT2D eigenvalue weighted by molar-refractivity contribution is -0.131. The molecule has 0 spiro atoms. The number of hydrogen-bond donors (Lipinski definition) is 1. The molecule has 1 saturated heterocycles. The first-order valence-corrected chi connectivity index (χ1v) is 7.12. The first kappa shape index (κ1) is 10.7.